The zero-order valence-electron chi connectivity index (χ0n) is 8.64. The summed E-state index contributed by atoms with van der Waals surface area (Å²) in [5, 5.41) is 0. The summed E-state index contributed by atoms with van der Waals surface area (Å²) < 4.78 is 62.8. The Morgan fingerprint density at radius 3 is 2.31 bits per heavy atom. The maximum atomic E-state index is 12.8. The molecule has 1 aromatic heterocycles. The molecule has 1 rings (SSSR count). The van der Waals surface area contributed by atoms with E-state index in [1.165, 1.54) is 10.8 Å². The molecule has 0 saturated carbocycles. The third-order valence-corrected chi connectivity index (χ3v) is 2.13. The lowest BCUT2D eigenvalue weighted by Gasteiger charge is -2.14. The lowest BCUT2D eigenvalue weighted by Crippen LogP contribution is -2.40. The topological polar surface area (TPSA) is 8.81 Å². The lowest BCUT2D eigenvalue weighted by molar-refractivity contribution is -0.697. The van der Waals surface area contributed by atoms with E-state index in [1.807, 2.05) is 6.92 Å². The molecular formula is C9H12F5N2+. The third-order valence-electron chi connectivity index (χ3n) is 2.13. The average Bonchev–Trinajstić information content (AvgIpc) is 2.61. The zero-order valence-corrected chi connectivity index (χ0v) is 8.64. The number of rotatable bonds is 4. The van der Waals surface area contributed by atoms with Gasteiger partial charge in [0.2, 0.25) is 6.33 Å². The summed E-state index contributed by atoms with van der Waals surface area (Å²) in [7, 11) is 0. The van der Waals surface area contributed by atoms with E-state index in [2.05, 4.69) is 0 Å². The molecule has 0 N–H and O–H groups in total. The molecule has 0 bridgehead atoms. The van der Waals surface area contributed by atoms with E-state index in [-0.39, 0.29) is 4.57 Å². The van der Waals surface area contributed by atoms with Crippen LogP contribution in [0.4, 0.5) is 22.0 Å². The number of aromatic nitrogens is 2. The highest BCUT2D eigenvalue weighted by molar-refractivity contribution is 4.79. The van der Waals surface area contributed by atoms with Crippen molar-refractivity contribution in [2.75, 3.05) is 0 Å². The minimum absolute atomic E-state index is 0.122. The van der Waals surface area contributed by atoms with Gasteiger partial charge in [-0.3, -0.25) is 0 Å². The molecule has 0 saturated heterocycles. The van der Waals surface area contributed by atoms with Crippen LogP contribution >= 0.6 is 0 Å². The molecule has 0 spiro atoms. The van der Waals surface area contributed by atoms with E-state index in [4.69, 9.17) is 0 Å². The highest BCUT2D eigenvalue weighted by Gasteiger charge is 2.64. The third kappa shape index (κ3) is 2.51. The van der Waals surface area contributed by atoms with Crippen molar-refractivity contribution < 1.29 is 26.5 Å². The Morgan fingerprint density at radius 1 is 1.19 bits per heavy atom. The quantitative estimate of drug-likeness (QED) is 0.568. The molecule has 0 atom stereocenters. The smallest absolute Gasteiger partial charge is 0.237 e. The fourth-order valence-corrected chi connectivity index (χ4v) is 1.18. The number of hydrogen-bond donors (Lipinski definition) is 0. The van der Waals surface area contributed by atoms with E-state index in [0.29, 0.717) is 6.54 Å². The molecule has 1 aromatic rings. The second-order valence-electron chi connectivity index (χ2n) is 3.45. The number of hydrogen-bond acceptors (Lipinski definition) is 0. The number of aryl methyl sites for hydroxylation is 1. The molecule has 0 aliphatic rings. The number of alkyl halides is 5. The SMILES string of the molecule is CCCC[n+]1ccn(C(F)(F)C(F)(F)F)c1. The fourth-order valence-electron chi connectivity index (χ4n) is 1.18. The predicted molar refractivity (Wildman–Crippen MR) is 45.8 cm³/mol. The first-order valence-corrected chi connectivity index (χ1v) is 4.81. The molecule has 2 nitrogen and oxygen atoms in total. The van der Waals surface area contributed by atoms with Crippen LogP contribution in [0.1, 0.15) is 19.8 Å². The van der Waals surface area contributed by atoms with Crippen molar-refractivity contribution in [1.82, 2.24) is 4.57 Å². The summed E-state index contributed by atoms with van der Waals surface area (Å²) in [6.07, 6.45) is -1.31. The van der Waals surface area contributed by atoms with Crippen molar-refractivity contribution in [2.45, 2.75) is 38.5 Å². The van der Waals surface area contributed by atoms with E-state index < -0.39 is 12.2 Å². The first kappa shape index (κ1) is 12.9. The predicted octanol–water partition coefficient (Wildman–Crippen LogP) is 2.69. The number of halogens is 5. The van der Waals surface area contributed by atoms with Gasteiger partial charge in [-0.15, -0.1) is 0 Å². The number of imidazole rings is 1. The van der Waals surface area contributed by atoms with Crippen molar-refractivity contribution in [3.63, 3.8) is 0 Å². The van der Waals surface area contributed by atoms with Crippen LogP contribution in [0.25, 0.3) is 0 Å². The number of nitrogens with zero attached hydrogens (tertiary/aromatic N) is 2. The second kappa shape index (κ2) is 4.39. The van der Waals surface area contributed by atoms with Gasteiger partial charge < -0.3 is 0 Å². The molecule has 7 heteroatoms. The molecule has 0 aromatic carbocycles. The minimum Gasteiger partial charge on any atom is -0.237 e. The monoisotopic (exact) mass is 243 g/mol. The summed E-state index contributed by atoms with van der Waals surface area (Å²) in [5.74, 6) is 0. The summed E-state index contributed by atoms with van der Waals surface area (Å²) in [5.41, 5.74) is 0. The van der Waals surface area contributed by atoms with Crippen molar-refractivity contribution in [3.8, 4) is 0 Å². The van der Waals surface area contributed by atoms with Crippen LogP contribution in [0.15, 0.2) is 18.7 Å². The lowest BCUT2D eigenvalue weighted by atomic mass is 10.3. The maximum Gasteiger partial charge on any atom is 0.500 e. The van der Waals surface area contributed by atoms with E-state index >= 15 is 0 Å². The minimum atomic E-state index is -5.57. The van der Waals surface area contributed by atoms with Crippen LogP contribution in [0.2, 0.25) is 0 Å². The Labute approximate surface area is 89.3 Å². The van der Waals surface area contributed by atoms with Gasteiger partial charge in [-0.25, -0.2) is 4.57 Å². The van der Waals surface area contributed by atoms with Gasteiger partial charge in [-0.2, -0.15) is 26.5 Å². The van der Waals surface area contributed by atoms with Gasteiger partial charge in [-0.05, 0) is 6.42 Å². The van der Waals surface area contributed by atoms with Crippen LogP contribution in [0, 0.1) is 0 Å². The van der Waals surface area contributed by atoms with Gasteiger partial charge >= 0.3 is 12.2 Å². The maximum absolute atomic E-state index is 12.8. The zero-order chi connectivity index (χ0) is 12.4. The normalized spacial score (nSPS) is 13.1. The van der Waals surface area contributed by atoms with Crippen molar-refractivity contribution in [2.24, 2.45) is 0 Å². The molecule has 16 heavy (non-hydrogen) atoms. The molecular weight excluding hydrogens is 231 g/mol. The first-order valence-electron chi connectivity index (χ1n) is 4.81. The molecule has 0 aliphatic heterocycles. The molecule has 0 amide bonds. The molecule has 0 unspecified atom stereocenters. The Bertz CT molecular complexity index is 342. The van der Waals surface area contributed by atoms with Crippen LogP contribution in [0.3, 0.4) is 0 Å². The Kier molecular flexibility index (Phi) is 3.54. The van der Waals surface area contributed by atoms with Crippen molar-refractivity contribution in [1.29, 1.82) is 0 Å². The van der Waals surface area contributed by atoms with Gasteiger partial charge in [0.1, 0.15) is 12.4 Å². The van der Waals surface area contributed by atoms with Gasteiger partial charge in [0.15, 0.2) is 0 Å². The first-order chi connectivity index (χ1) is 7.29. The molecule has 0 fully saturated rings. The largest absolute Gasteiger partial charge is 0.500 e. The van der Waals surface area contributed by atoms with Gasteiger partial charge in [-0.1, -0.05) is 13.3 Å². The standard InChI is InChI=1S/C9H12F5N2/c1-2-3-4-15-5-6-16(7-15)9(13,14)8(10,11)12/h5-7H,2-4H2,1H3/q+1. The Hall–Kier alpha value is -1.14. The summed E-state index contributed by atoms with van der Waals surface area (Å²) in [6, 6.07) is -4.86. The van der Waals surface area contributed by atoms with Gasteiger partial charge in [0.05, 0.1) is 6.54 Å². The average molecular weight is 243 g/mol. The van der Waals surface area contributed by atoms with Crippen LogP contribution < -0.4 is 4.57 Å². The van der Waals surface area contributed by atoms with E-state index in [1.54, 1.807) is 0 Å². The van der Waals surface area contributed by atoms with Crippen LogP contribution in [0.5, 0.6) is 0 Å². The van der Waals surface area contributed by atoms with Crippen LogP contribution in [-0.2, 0) is 12.6 Å². The Morgan fingerprint density at radius 2 is 1.81 bits per heavy atom. The molecule has 1 heterocycles. The van der Waals surface area contributed by atoms with Crippen molar-refractivity contribution >= 4 is 0 Å². The number of unbranched alkanes of at least 4 members (excludes halogenated alkanes) is 1. The highest BCUT2D eigenvalue weighted by atomic mass is 19.4. The molecule has 0 aliphatic carbocycles. The van der Waals surface area contributed by atoms with Crippen molar-refractivity contribution in [3.05, 3.63) is 18.7 Å². The van der Waals surface area contributed by atoms with E-state index in [9.17, 15) is 22.0 Å². The summed E-state index contributed by atoms with van der Waals surface area (Å²) >= 11 is 0. The molecule has 0 radical (unpaired) electrons. The molecule has 92 valence electrons. The van der Waals surface area contributed by atoms with E-state index in [0.717, 1.165) is 25.4 Å². The van der Waals surface area contributed by atoms with Crippen LogP contribution in [-0.4, -0.2) is 10.7 Å². The summed E-state index contributed by atoms with van der Waals surface area (Å²) in [4.78, 5) is 0. The Balaban J connectivity index is 2.85. The van der Waals surface area contributed by atoms with Gasteiger partial charge in [0, 0.05) is 0 Å². The summed E-state index contributed by atoms with van der Waals surface area (Å²) in [6.45, 7) is 2.33. The second-order valence-corrected chi connectivity index (χ2v) is 3.45. The fraction of sp³-hybridized carbons (Fsp3) is 0.667. The van der Waals surface area contributed by atoms with Gasteiger partial charge in [0.25, 0.3) is 0 Å². The highest BCUT2D eigenvalue weighted by Crippen LogP contribution is 2.39.